The Kier molecular flexibility index (Phi) is 4.87. The van der Waals surface area contributed by atoms with Crippen LogP contribution in [0.25, 0.3) is 0 Å². The first-order valence-corrected chi connectivity index (χ1v) is 11.8. The number of nitrogens with zero attached hydrogens (tertiary/aromatic N) is 3. The second kappa shape index (κ2) is 7.14. The number of rotatable bonds is 2. The van der Waals surface area contributed by atoms with Crippen LogP contribution in [0.2, 0.25) is 0 Å². The van der Waals surface area contributed by atoms with Crippen LogP contribution in [-0.2, 0) is 4.79 Å². The third-order valence-corrected chi connectivity index (χ3v) is 8.11. The largest absolute Gasteiger partial charge is 0.410 e. The van der Waals surface area contributed by atoms with Crippen LogP contribution < -0.4 is 5.32 Å². The Morgan fingerprint density at radius 3 is 2.42 bits per heavy atom. The summed E-state index contributed by atoms with van der Waals surface area (Å²) in [6.45, 7) is 7.13. The van der Waals surface area contributed by atoms with Gasteiger partial charge in [-0.25, -0.2) is 4.68 Å². The lowest BCUT2D eigenvalue weighted by Crippen LogP contribution is -2.44. The molecule has 0 aromatic carbocycles. The van der Waals surface area contributed by atoms with E-state index in [1.165, 1.54) is 25.7 Å². The maximum Gasteiger partial charge on any atom is 0.410 e. The molecule has 8 heteroatoms. The normalized spacial score (nSPS) is 35.4. The summed E-state index contributed by atoms with van der Waals surface area (Å²) >= 11 is 0. The minimum atomic E-state index is -4.34. The lowest BCUT2D eigenvalue weighted by Gasteiger charge is -2.39. The van der Waals surface area contributed by atoms with E-state index in [-0.39, 0.29) is 35.6 Å². The molecule has 31 heavy (non-hydrogen) atoms. The Bertz CT molecular complexity index is 846. The second-order valence-electron chi connectivity index (χ2n) is 11.2. The van der Waals surface area contributed by atoms with Gasteiger partial charge in [0.1, 0.15) is 5.82 Å². The van der Waals surface area contributed by atoms with Gasteiger partial charge in [-0.15, -0.1) is 0 Å². The molecule has 1 aromatic rings. The molecule has 5 rings (SSSR count). The average Bonchev–Trinajstić information content (AvgIpc) is 3.02. The summed E-state index contributed by atoms with van der Waals surface area (Å²) in [6.07, 6.45) is 1.21. The van der Waals surface area contributed by atoms with Gasteiger partial charge in [-0.3, -0.25) is 4.79 Å². The van der Waals surface area contributed by atoms with Crippen LogP contribution >= 0.6 is 0 Å². The number of nitrogens with one attached hydrogen (secondary N) is 1. The molecule has 2 aliphatic heterocycles. The Hall–Kier alpha value is -1.73. The standard InChI is InChI=1S/C23H33F3N4O/c1-22(2,3)17-11-18(23(24,25)26)30-19(27-17)10-16(28-30)13-8-9-29(12-13)21(31)20-14-6-4-5-7-15(14)20/h10,13-15,17-18,20,27H,4-9,11-12H2,1-3H3. The molecule has 4 aliphatic rings. The van der Waals surface area contributed by atoms with Crippen molar-refractivity contribution in [3.05, 3.63) is 11.8 Å². The van der Waals surface area contributed by atoms with Crippen LogP contribution in [0.1, 0.15) is 76.9 Å². The van der Waals surface area contributed by atoms with Crippen LogP contribution in [0, 0.1) is 23.2 Å². The number of halogens is 3. The predicted molar refractivity (Wildman–Crippen MR) is 112 cm³/mol. The maximum atomic E-state index is 13.8. The minimum absolute atomic E-state index is 0.00611. The molecule has 1 N–H and O–H groups in total. The molecule has 0 radical (unpaired) electrons. The Morgan fingerprint density at radius 2 is 1.81 bits per heavy atom. The van der Waals surface area contributed by atoms with E-state index in [0.29, 0.717) is 36.4 Å². The number of carbonyl (C=O) groups is 1. The zero-order valence-electron chi connectivity index (χ0n) is 18.6. The molecule has 0 bridgehead atoms. The lowest BCUT2D eigenvalue weighted by atomic mass is 9.82. The van der Waals surface area contributed by atoms with Gasteiger partial charge in [-0.05, 0) is 42.9 Å². The molecule has 1 saturated heterocycles. The fraction of sp³-hybridized carbons (Fsp3) is 0.826. The van der Waals surface area contributed by atoms with Crippen molar-refractivity contribution in [2.75, 3.05) is 18.4 Å². The molecule has 1 amide bonds. The Balaban J connectivity index is 1.32. The van der Waals surface area contributed by atoms with E-state index in [4.69, 9.17) is 0 Å². The highest BCUT2D eigenvalue weighted by Gasteiger charge is 2.56. The fourth-order valence-corrected chi connectivity index (χ4v) is 6.13. The van der Waals surface area contributed by atoms with Crippen molar-refractivity contribution < 1.29 is 18.0 Å². The number of alkyl halides is 3. The van der Waals surface area contributed by atoms with E-state index in [9.17, 15) is 18.0 Å². The fourth-order valence-electron chi connectivity index (χ4n) is 6.13. The molecule has 5 atom stereocenters. The molecule has 5 unspecified atom stereocenters. The third-order valence-electron chi connectivity index (χ3n) is 8.11. The summed E-state index contributed by atoms with van der Waals surface area (Å²) in [6, 6.07) is -0.113. The lowest BCUT2D eigenvalue weighted by molar-refractivity contribution is -0.175. The van der Waals surface area contributed by atoms with Gasteiger partial charge >= 0.3 is 6.18 Å². The minimum Gasteiger partial charge on any atom is -0.367 e. The highest BCUT2D eigenvalue weighted by atomic mass is 19.4. The number of likely N-dealkylation sites (tertiary alicyclic amines) is 1. The van der Waals surface area contributed by atoms with E-state index in [0.717, 1.165) is 11.1 Å². The summed E-state index contributed by atoms with van der Waals surface area (Å²) in [5, 5.41) is 7.72. The van der Waals surface area contributed by atoms with Crippen LogP contribution in [0.3, 0.4) is 0 Å². The number of fused-ring (bicyclic) bond motifs is 2. The SMILES string of the molecule is CC(C)(C)C1CC(C(F)(F)F)n2nc(C3CCN(C(=O)C4C5CCCCC54)C3)cc2N1. The van der Waals surface area contributed by atoms with Crippen LogP contribution in [0.4, 0.5) is 19.0 Å². The molecule has 172 valence electrons. The van der Waals surface area contributed by atoms with Crippen LogP contribution in [0.15, 0.2) is 6.07 Å². The number of hydrogen-bond donors (Lipinski definition) is 1. The average molecular weight is 439 g/mol. The van der Waals surface area contributed by atoms with Crippen molar-refractivity contribution in [1.82, 2.24) is 14.7 Å². The highest BCUT2D eigenvalue weighted by molar-refractivity contribution is 5.82. The molecule has 2 aliphatic carbocycles. The van der Waals surface area contributed by atoms with Gasteiger partial charge in [-0.2, -0.15) is 18.3 Å². The van der Waals surface area contributed by atoms with E-state index >= 15 is 0 Å². The van der Waals surface area contributed by atoms with Crippen molar-refractivity contribution in [3.63, 3.8) is 0 Å². The summed E-state index contributed by atoms with van der Waals surface area (Å²) < 4.78 is 42.6. The highest BCUT2D eigenvalue weighted by Crippen LogP contribution is 2.56. The van der Waals surface area contributed by atoms with Gasteiger partial charge in [0.15, 0.2) is 6.04 Å². The van der Waals surface area contributed by atoms with Gasteiger partial charge in [-0.1, -0.05) is 33.6 Å². The van der Waals surface area contributed by atoms with Crippen molar-refractivity contribution in [1.29, 1.82) is 0 Å². The smallest absolute Gasteiger partial charge is 0.367 e. The summed E-state index contributed by atoms with van der Waals surface area (Å²) in [7, 11) is 0. The molecule has 3 heterocycles. The van der Waals surface area contributed by atoms with E-state index in [1.54, 1.807) is 6.07 Å². The molecule has 1 aromatic heterocycles. The van der Waals surface area contributed by atoms with Crippen molar-refractivity contribution in [3.8, 4) is 0 Å². The van der Waals surface area contributed by atoms with Gasteiger partial charge < -0.3 is 10.2 Å². The molecule has 5 nitrogen and oxygen atoms in total. The summed E-state index contributed by atoms with van der Waals surface area (Å²) in [5.74, 6) is 2.06. The second-order valence-corrected chi connectivity index (χ2v) is 11.2. The van der Waals surface area contributed by atoms with Crippen molar-refractivity contribution in [2.45, 2.75) is 83.5 Å². The monoisotopic (exact) mass is 438 g/mol. The first kappa shape index (κ1) is 21.1. The van der Waals surface area contributed by atoms with E-state index in [2.05, 4.69) is 10.4 Å². The quantitative estimate of drug-likeness (QED) is 0.709. The van der Waals surface area contributed by atoms with Gasteiger partial charge in [0.25, 0.3) is 0 Å². The van der Waals surface area contributed by atoms with Gasteiger partial charge in [0.2, 0.25) is 5.91 Å². The zero-order chi connectivity index (χ0) is 22.1. The summed E-state index contributed by atoms with van der Waals surface area (Å²) in [4.78, 5) is 15.0. The number of hydrogen-bond acceptors (Lipinski definition) is 3. The summed E-state index contributed by atoms with van der Waals surface area (Å²) in [5.41, 5.74) is 0.381. The number of anilines is 1. The number of aromatic nitrogens is 2. The molecule has 0 spiro atoms. The number of carbonyl (C=O) groups excluding carboxylic acids is 1. The van der Waals surface area contributed by atoms with Crippen LogP contribution in [0.5, 0.6) is 0 Å². The van der Waals surface area contributed by atoms with Gasteiger partial charge in [0, 0.05) is 37.0 Å². The third kappa shape index (κ3) is 3.74. The molecule has 2 saturated carbocycles. The molecular formula is C23H33F3N4O. The van der Waals surface area contributed by atoms with Crippen molar-refractivity contribution >= 4 is 11.7 Å². The van der Waals surface area contributed by atoms with Crippen molar-refractivity contribution in [2.24, 2.45) is 23.2 Å². The van der Waals surface area contributed by atoms with Gasteiger partial charge in [0.05, 0.1) is 5.69 Å². The molecule has 3 fully saturated rings. The zero-order valence-corrected chi connectivity index (χ0v) is 18.6. The maximum absolute atomic E-state index is 13.8. The topological polar surface area (TPSA) is 50.2 Å². The Morgan fingerprint density at radius 1 is 1.13 bits per heavy atom. The van der Waals surface area contributed by atoms with Crippen LogP contribution in [-0.4, -0.2) is 45.9 Å². The molecular weight excluding hydrogens is 405 g/mol. The Labute approximate surface area is 181 Å². The number of amides is 1. The van der Waals surface area contributed by atoms with E-state index < -0.39 is 12.2 Å². The predicted octanol–water partition coefficient (Wildman–Crippen LogP) is 4.97. The first-order chi connectivity index (χ1) is 14.5. The first-order valence-electron chi connectivity index (χ1n) is 11.8. The van der Waals surface area contributed by atoms with E-state index in [1.807, 2.05) is 25.7 Å².